The molecular formula is C21H18N4O3. The second-order valence-electron chi connectivity index (χ2n) is 6.61. The van der Waals surface area contributed by atoms with Gasteiger partial charge in [0.05, 0.1) is 17.2 Å². The van der Waals surface area contributed by atoms with Crippen LogP contribution in [0.15, 0.2) is 59.3 Å². The molecule has 0 N–H and O–H groups in total. The summed E-state index contributed by atoms with van der Waals surface area (Å²) in [5, 5.41) is 3.95. The molecule has 28 heavy (non-hydrogen) atoms. The van der Waals surface area contributed by atoms with Crippen LogP contribution >= 0.6 is 0 Å². The Hall–Kier alpha value is -3.61. The summed E-state index contributed by atoms with van der Waals surface area (Å²) < 4.78 is 10.4. The van der Waals surface area contributed by atoms with Gasteiger partial charge in [-0.05, 0) is 23.6 Å². The number of para-hydroxylation sites is 2. The maximum absolute atomic E-state index is 12.2. The Bertz CT molecular complexity index is 1120. The molecule has 0 bridgehead atoms. The van der Waals surface area contributed by atoms with Gasteiger partial charge in [-0.25, -0.2) is 9.78 Å². The highest BCUT2D eigenvalue weighted by molar-refractivity contribution is 5.89. The lowest BCUT2D eigenvalue weighted by atomic mass is 10.0. The van der Waals surface area contributed by atoms with Crippen LogP contribution in [0, 0.1) is 0 Å². The Morgan fingerprint density at radius 2 is 1.79 bits per heavy atom. The first-order valence-corrected chi connectivity index (χ1v) is 8.92. The number of carbonyl (C=O) groups is 1. The van der Waals surface area contributed by atoms with E-state index in [1.54, 1.807) is 6.07 Å². The third-order valence-electron chi connectivity index (χ3n) is 4.29. The van der Waals surface area contributed by atoms with Gasteiger partial charge in [-0.15, -0.1) is 0 Å². The van der Waals surface area contributed by atoms with Crippen molar-refractivity contribution in [2.75, 3.05) is 0 Å². The number of hydrogen-bond donors (Lipinski definition) is 0. The molecule has 0 unspecified atom stereocenters. The summed E-state index contributed by atoms with van der Waals surface area (Å²) in [4.78, 5) is 25.0. The first kappa shape index (κ1) is 17.8. The van der Waals surface area contributed by atoms with Crippen LogP contribution in [-0.4, -0.2) is 26.1 Å². The Morgan fingerprint density at radius 3 is 2.54 bits per heavy atom. The van der Waals surface area contributed by atoms with Gasteiger partial charge < -0.3 is 9.26 Å². The molecular weight excluding hydrogens is 356 g/mol. The number of esters is 1. The number of fused-ring (bicyclic) bond motifs is 1. The van der Waals surface area contributed by atoms with Crippen molar-refractivity contribution in [3.8, 4) is 11.4 Å². The molecule has 4 rings (SSSR count). The average Bonchev–Trinajstić information content (AvgIpc) is 3.21. The number of nitrogens with zero attached hydrogens (tertiary/aromatic N) is 4. The molecule has 4 aromatic rings. The summed E-state index contributed by atoms with van der Waals surface area (Å²) >= 11 is 0. The molecule has 0 aliphatic carbocycles. The van der Waals surface area contributed by atoms with Crippen molar-refractivity contribution >= 4 is 17.0 Å². The van der Waals surface area contributed by atoms with Crippen molar-refractivity contribution in [3.05, 3.63) is 71.9 Å². The molecule has 2 heterocycles. The summed E-state index contributed by atoms with van der Waals surface area (Å²) in [6.45, 7) is 4.13. The van der Waals surface area contributed by atoms with Crippen LogP contribution in [0.4, 0.5) is 0 Å². The molecule has 7 heteroatoms. The monoisotopic (exact) mass is 374 g/mol. The van der Waals surface area contributed by atoms with Gasteiger partial charge in [-0.1, -0.05) is 55.4 Å². The van der Waals surface area contributed by atoms with Gasteiger partial charge >= 0.3 is 5.97 Å². The standard InChI is InChI=1S/C21H18N4O3/c1-13(2)14-7-9-15(10-8-14)20-24-19(28-25-20)12-27-21(26)18-11-22-16-5-3-4-6-17(16)23-18/h3-11,13H,12H2,1-2H3. The molecule has 0 spiro atoms. The van der Waals surface area contributed by atoms with Crippen molar-refractivity contribution in [2.45, 2.75) is 26.4 Å². The lowest BCUT2D eigenvalue weighted by molar-refractivity contribution is 0.0423. The van der Waals surface area contributed by atoms with Gasteiger partial charge in [0.25, 0.3) is 5.89 Å². The number of carbonyl (C=O) groups excluding carboxylic acids is 1. The third-order valence-corrected chi connectivity index (χ3v) is 4.29. The van der Waals surface area contributed by atoms with Crippen molar-refractivity contribution in [1.29, 1.82) is 0 Å². The van der Waals surface area contributed by atoms with E-state index in [-0.39, 0.29) is 18.2 Å². The van der Waals surface area contributed by atoms with Crippen molar-refractivity contribution in [2.24, 2.45) is 0 Å². The zero-order valence-corrected chi connectivity index (χ0v) is 15.5. The van der Waals surface area contributed by atoms with E-state index in [1.807, 2.05) is 42.5 Å². The second-order valence-corrected chi connectivity index (χ2v) is 6.61. The third kappa shape index (κ3) is 3.73. The lowest BCUT2D eigenvalue weighted by Gasteiger charge is -2.04. The quantitative estimate of drug-likeness (QED) is 0.484. The molecule has 0 saturated heterocycles. The Kier molecular flexibility index (Phi) is 4.80. The second kappa shape index (κ2) is 7.56. The van der Waals surface area contributed by atoms with E-state index in [0.717, 1.165) is 5.56 Å². The molecule has 0 aliphatic rings. The maximum atomic E-state index is 12.2. The van der Waals surface area contributed by atoms with Gasteiger partial charge in [-0.2, -0.15) is 4.98 Å². The van der Waals surface area contributed by atoms with E-state index in [4.69, 9.17) is 9.26 Å². The summed E-state index contributed by atoms with van der Waals surface area (Å²) in [6, 6.07) is 15.3. The Balaban J connectivity index is 1.42. The molecule has 0 atom stereocenters. The highest BCUT2D eigenvalue weighted by Crippen LogP contribution is 2.20. The molecule has 2 aromatic carbocycles. The van der Waals surface area contributed by atoms with Crippen LogP contribution in [0.2, 0.25) is 0 Å². The minimum atomic E-state index is -0.598. The molecule has 0 fully saturated rings. The number of aromatic nitrogens is 4. The van der Waals surface area contributed by atoms with Crippen LogP contribution < -0.4 is 0 Å². The summed E-state index contributed by atoms with van der Waals surface area (Å²) in [5.41, 5.74) is 3.54. The highest BCUT2D eigenvalue weighted by Gasteiger charge is 2.14. The number of hydrogen-bond acceptors (Lipinski definition) is 7. The molecule has 0 radical (unpaired) electrons. The van der Waals surface area contributed by atoms with E-state index in [0.29, 0.717) is 22.8 Å². The summed E-state index contributed by atoms with van der Waals surface area (Å²) in [7, 11) is 0. The maximum Gasteiger partial charge on any atom is 0.359 e. The van der Waals surface area contributed by atoms with Crippen LogP contribution in [0.5, 0.6) is 0 Å². The first-order valence-electron chi connectivity index (χ1n) is 8.92. The molecule has 7 nitrogen and oxygen atoms in total. The average molecular weight is 374 g/mol. The zero-order valence-electron chi connectivity index (χ0n) is 15.5. The summed E-state index contributed by atoms with van der Waals surface area (Å²) in [6.07, 6.45) is 1.39. The summed E-state index contributed by atoms with van der Waals surface area (Å²) in [5.74, 6) is 0.517. The highest BCUT2D eigenvalue weighted by atomic mass is 16.6. The van der Waals surface area contributed by atoms with Gasteiger partial charge in [0, 0.05) is 5.56 Å². The van der Waals surface area contributed by atoms with Crippen molar-refractivity contribution in [3.63, 3.8) is 0 Å². The first-order chi connectivity index (χ1) is 13.6. The number of benzene rings is 2. The van der Waals surface area contributed by atoms with Crippen LogP contribution in [0.25, 0.3) is 22.4 Å². The fraction of sp³-hybridized carbons (Fsp3) is 0.190. The van der Waals surface area contributed by atoms with E-state index in [2.05, 4.69) is 34.0 Å². The van der Waals surface area contributed by atoms with Gasteiger partial charge in [-0.3, -0.25) is 4.98 Å². The van der Waals surface area contributed by atoms with E-state index < -0.39 is 5.97 Å². The topological polar surface area (TPSA) is 91.0 Å². The van der Waals surface area contributed by atoms with Crippen LogP contribution in [0.1, 0.15) is 41.7 Å². The van der Waals surface area contributed by atoms with Gasteiger partial charge in [0.2, 0.25) is 5.82 Å². The normalized spacial score (nSPS) is 11.1. The van der Waals surface area contributed by atoms with Crippen LogP contribution in [-0.2, 0) is 11.3 Å². The predicted molar refractivity (Wildman–Crippen MR) is 102 cm³/mol. The number of rotatable bonds is 5. The minimum Gasteiger partial charge on any atom is -0.451 e. The molecule has 0 saturated carbocycles. The zero-order chi connectivity index (χ0) is 19.5. The Labute approximate surface area is 161 Å². The smallest absolute Gasteiger partial charge is 0.359 e. The van der Waals surface area contributed by atoms with Gasteiger partial charge in [0.1, 0.15) is 0 Å². The molecule has 0 amide bonds. The fourth-order valence-corrected chi connectivity index (χ4v) is 2.70. The largest absolute Gasteiger partial charge is 0.451 e. The van der Waals surface area contributed by atoms with Crippen molar-refractivity contribution in [1.82, 2.24) is 20.1 Å². The SMILES string of the molecule is CC(C)c1ccc(-c2noc(COC(=O)c3cnc4ccccc4n3)n2)cc1. The minimum absolute atomic E-state index is 0.128. The molecule has 2 aromatic heterocycles. The lowest BCUT2D eigenvalue weighted by Crippen LogP contribution is -2.08. The molecule has 140 valence electrons. The van der Waals surface area contributed by atoms with Gasteiger partial charge in [0.15, 0.2) is 12.3 Å². The van der Waals surface area contributed by atoms with E-state index in [1.165, 1.54) is 11.8 Å². The molecule has 0 aliphatic heterocycles. The Morgan fingerprint density at radius 1 is 1.04 bits per heavy atom. The van der Waals surface area contributed by atoms with E-state index >= 15 is 0 Å². The predicted octanol–water partition coefficient (Wildman–Crippen LogP) is 4.16. The van der Waals surface area contributed by atoms with Crippen LogP contribution in [0.3, 0.4) is 0 Å². The van der Waals surface area contributed by atoms with Crippen molar-refractivity contribution < 1.29 is 14.1 Å². The number of ether oxygens (including phenoxy) is 1. The fourth-order valence-electron chi connectivity index (χ4n) is 2.70. The van der Waals surface area contributed by atoms with E-state index in [9.17, 15) is 4.79 Å².